The van der Waals surface area contributed by atoms with Gasteiger partial charge in [-0.2, -0.15) is 0 Å². The summed E-state index contributed by atoms with van der Waals surface area (Å²) in [6, 6.07) is 10.3. The number of benzene rings is 1. The fourth-order valence-electron chi connectivity index (χ4n) is 2.43. The maximum Gasteiger partial charge on any atom is 0.134 e. The minimum Gasteiger partial charge on any atom is -0.459 e. The lowest BCUT2D eigenvalue weighted by molar-refractivity contribution is 0.402. The maximum atomic E-state index is 5.86. The summed E-state index contributed by atoms with van der Waals surface area (Å²) >= 11 is 0. The zero-order valence-electron chi connectivity index (χ0n) is 11.7. The zero-order chi connectivity index (χ0) is 13.5. The van der Waals surface area contributed by atoms with Gasteiger partial charge in [0.25, 0.3) is 0 Å². The van der Waals surface area contributed by atoms with E-state index in [1.807, 2.05) is 18.2 Å². The van der Waals surface area contributed by atoms with Crippen LogP contribution in [0.15, 0.2) is 34.7 Å². The van der Waals surface area contributed by atoms with Crippen molar-refractivity contribution in [2.75, 3.05) is 0 Å². The first kappa shape index (κ1) is 14.1. The Kier molecular flexibility index (Phi) is 5.43. The number of nitrogens with one attached hydrogen (secondary N) is 1. The van der Waals surface area contributed by atoms with E-state index >= 15 is 0 Å². The van der Waals surface area contributed by atoms with Crippen molar-refractivity contribution >= 4 is 11.0 Å². The Bertz CT molecular complexity index is 459. The standard InChI is InChI=1S/C16H24N2O/c1-2-3-4-5-6-10-14(18-17)16-12-13-9-7-8-11-15(13)19-16/h7-9,11-12,14,18H,2-6,10,17H2,1H3. The lowest BCUT2D eigenvalue weighted by Gasteiger charge is -2.12. The summed E-state index contributed by atoms with van der Waals surface area (Å²) in [6.07, 6.45) is 7.40. The molecular weight excluding hydrogens is 236 g/mol. The molecule has 0 radical (unpaired) electrons. The molecule has 104 valence electrons. The van der Waals surface area contributed by atoms with Crippen molar-refractivity contribution in [2.24, 2.45) is 5.84 Å². The van der Waals surface area contributed by atoms with Gasteiger partial charge in [-0.25, -0.2) is 5.43 Å². The van der Waals surface area contributed by atoms with Crippen LogP contribution in [0.3, 0.4) is 0 Å². The average molecular weight is 260 g/mol. The molecule has 0 amide bonds. The van der Waals surface area contributed by atoms with E-state index in [1.54, 1.807) is 0 Å². The van der Waals surface area contributed by atoms with E-state index in [-0.39, 0.29) is 6.04 Å². The SMILES string of the molecule is CCCCCCCC(NN)c1cc2ccccc2o1. The van der Waals surface area contributed by atoms with E-state index < -0.39 is 0 Å². The summed E-state index contributed by atoms with van der Waals surface area (Å²) in [6.45, 7) is 2.23. The van der Waals surface area contributed by atoms with Crippen molar-refractivity contribution in [3.8, 4) is 0 Å². The van der Waals surface area contributed by atoms with Gasteiger partial charge in [0.2, 0.25) is 0 Å². The van der Waals surface area contributed by atoms with Crippen molar-refractivity contribution < 1.29 is 4.42 Å². The predicted molar refractivity (Wildman–Crippen MR) is 79.7 cm³/mol. The highest BCUT2D eigenvalue weighted by atomic mass is 16.3. The Labute approximate surface area is 115 Å². The van der Waals surface area contributed by atoms with Crippen LogP contribution in [0.1, 0.15) is 57.3 Å². The molecule has 1 unspecified atom stereocenters. The van der Waals surface area contributed by atoms with Crippen molar-refractivity contribution in [1.82, 2.24) is 5.43 Å². The predicted octanol–water partition coefficient (Wildman–Crippen LogP) is 4.30. The normalized spacial score (nSPS) is 12.9. The molecule has 3 heteroatoms. The fraction of sp³-hybridized carbons (Fsp3) is 0.500. The summed E-state index contributed by atoms with van der Waals surface area (Å²) in [7, 11) is 0. The van der Waals surface area contributed by atoms with Crippen molar-refractivity contribution in [1.29, 1.82) is 0 Å². The van der Waals surface area contributed by atoms with Crippen LogP contribution in [-0.4, -0.2) is 0 Å². The summed E-state index contributed by atoms with van der Waals surface area (Å²) in [5.74, 6) is 6.60. The second kappa shape index (κ2) is 7.31. The van der Waals surface area contributed by atoms with Crippen LogP contribution >= 0.6 is 0 Å². The molecule has 2 rings (SSSR count). The third kappa shape index (κ3) is 3.82. The fourth-order valence-corrected chi connectivity index (χ4v) is 2.43. The summed E-state index contributed by atoms with van der Waals surface area (Å²) in [5, 5.41) is 1.14. The number of furan rings is 1. The number of hydrazine groups is 1. The van der Waals surface area contributed by atoms with Crippen molar-refractivity contribution in [3.05, 3.63) is 36.1 Å². The maximum absolute atomic E-state index is 5.86. The van der Waals surface area contributed by atoms with Gasteiger partial charge in [0.05, 0.1) is 6.04 Å². The van der Waals surface area contributed by atoms with E-state index in [4.69, 9.17) is 10.3 Å². The molecule has 0 aliphatic rings. The molecule has 3 N–H and O–H groups in total. The topological polar surface area (TPSA) is 51.2 Å². The van der Waals surface area contributed by atoms with Crippen LogP contribution in [0, 0.1) is 0 Å². The van der Waals surface area contributed by atoms with Crippen LogP contribution < -0.4 is 11.3 Å². The Balaban J connectivity index is 1.93. The minimum atomic E-state index is 0.119. The van der Waals surface area contributed by atoms with Gasteiger partial charge < -0.3 is 4.42 Å². The summed E-state index contributed by atoms with van der Waals surface area (Å²) in [5.41, 5.74) is 3.81. The van der Waals surface area contributed by atoms with Crippen molar-refractivity contribution in [3.63, 3.8) is 0 Å². The molecule has 0 aliphatic heterocycles. The third-order valence-corrected chi connectivity index (χ3v) is 3.59. The van der Waals surface area contributed by atoms with Gasteiger partial charge >= 0.3 is 0 Å². The molecule has 0 fully saturated rings. The summed E-state index contributed by atoms with van der Waals surface area (Å²) in [4.78, 5) is 0. The van der Waals surface area contributed by atoms with E-state index in [0.717, 1.165) is 23.2 Å². The largest absolute Gasteiger partial charge is 0.459 e. The van der Waals surface area contributed by atoms with Gasteiger partial charge in [0.1, 0.15) is 11.3 Å². The number of rotatable bonds is 8. The monoisotopic (exact) mass is 260 g/mol. The van der Waals surface area contributed by atoms with E-state index in [1.165, 1.54) is 32.1 Å². The van der Waals surface area contributed by atoms with Gasteiger partial charge in [-0.05, 0) is 18.6 Å². The molecule has 3 nitrogen and oxygen atoms in total. The number of hydrogen-bond acceptors (Lipinski definition) is 3. The van der Waals surface area contributed by atoms with Crippen LogP contribution in [-0.2, 0) is 0 Å². The second-order valence-electron chi connectivity index (χ2n) is 5.11. The first-order chi connectivity index (χ1) is 9.35. The molecule has 19 heavy (non-hydrogen) atoms. The molecule has 1 heterocycles. The van der Waals surface area contributed by atoms with Gasteiger partial charge in [-0.1, -0.05) is 57.2 Å². The molecule has 0 saturated carbocycles. The molecule has 2 aromatic rings. The first-order valence-corrected chi connectivity index (χ1v) is 7.29. The Morgan fingerprint density at radius 3 is 2.68 bits per heavy atom. The summed E-state index contributed by atoms with van der Waals surface area (Å²) < 4.78 is 5.86. The second-order valence-corrected chi connectivity index (χ2v) is 5.11. The minimum absolute atomic E-state index is 0.119. The van der Waals surface area contributed by atoms with Crippen LogP contribution in [0.2, 0.25) is 0 Å². The molecule has 1 aromatic heterocycles. The van der Waals surface area contributed by atoms with Gasteiger partial charge in [-0.3, -0.25) is 5.84 Å². The zero-order valence-corrected chi connectivity index (χ0v) is 11.7. The molecule has 0 bridgehead atoms. The Morgan fingerprint density at radius 1 is 1.16 bits per heavy atom. The number of nitrogens with two attached hydrogens (primary N) is 1. The van der Waals surface area contributed by atoms with Crippen molar-refractivity contribution in [2.45, 2.75) is 51.5 Å². The number of para-hydroxylation sites is 1. The molecule has 1 aromatic carbocycles. The average Bonchev–Trinajstić information content (AvgIpc) is 2.86. The van der Waals surface area contributed by atoms with Crippen LogP contribution in [0.4, 0.5) is 0 Å². The lowest BCUT2D eigenvalue weighted by atomic mass is 10.0. The highest BCUT2D eigenvalue weighted by Gasteiger charge is 2.14. The number of hydrogen-bond donors (Lipinski definition) is 2. The molecular formula is C16H24N2O. The molecule has 0 spiro atoms. The Morgan fingerprint density at radius 2 is 1.95 bits per heavy atom. The highest BCUT2D eigenvalue weighted by Crippen LogP contribution is 2.26. The molecule has 0 aliphatic carbocycles. The van der Waals surface area contributed by atoms with Crippen LogP contribution in [0.25, 0.3) is 11.0 Å². The smallest absolute Gasteiger partial charge is 0.134 e. The van der Waals surface area contributed by atoms with E-state index in [0.29, 0.717) is 0 Å². The quantitative estimate of drug-likeness (QED) is 0.423. The van der Waals surface area contributed by atoms with Gasteiger partial charge in [-0.15, -0.1) is 0 Å². The van der Waals surface area contributed by atoms with Crippen LogP contribution in [0.5, 0.6) is 0 Å². The third-order valence-electron chi connectivity index (χ3n) is 3.59. The first-order valence-electron chi connectivity index (χ1n) is 7.29. The van der Waals surface area contributed by atoms with E-state index in [9.17, 15) is 0 Å². The Hall–Kier alpha value is -1.32. The number of fused-ring (bicyclic) bond motifs is 1. The lowest BCUT2D eigenvalue weighted by Crippen LogP contribution is -2.27. The highest BCUT2D eigenvalue weighted by molar-refractivity contribution is 5.77. The van der Waals surface area contributed by atoms with Gasteiger partial charge in [0.15, 0.2) is 0 Å². The van der Waals surface area contributed by atoms with E-state index in [2.05, 4.69) is 24.5 Å². The molecule has 1 atom stereocenters. The number of unbranched alkanes of at least 4 members (excludes halogenated alkanes) is 4. The van der Waals surface area contributed by atoms with Gasteiger partial charge in [0, 0.05) is 5.39 Å². The molecule has 0 saturated heterocycles.